The van der Waals surface area contributed by atoms with Crippen LogP contribution in [0, 0.1) is 10.1 Å². The van der Waals surface area contributed by atoms with E-state index in [4.69, 9.17) is 4.74 Å². The molecule has 0 saturated heterocycles. The highest BCUT2D eigenvalue weighted by molar-refractivity contribution is 5.93. The van der Waals surface area contributed by atoms with Crippen LogP contribution in [0.4, 0.5) is 11.4 Å². The first-order valence-electron chi connectivity index (χ1n) is 8.93. The van der Waals surface area contributed by atoms with E-state index < -0.39 is 23.4 Å². The van der Waals surface area contributed by atoms with Crippen LogP contribution < -0.4 is 10.6 Å². The lowest BCUT2D eigenvalue weighted by Crippen LogP contribution is -2.35. The van der Waals surface area contributed by atoms with Gasteiger partial charge in [-0.25, -0.2) is 4.79 Å². The quantitative estimate of drug-likeness (QED) is 0.389. The largest absolute Gasteiger partial charge is 0.452 e. The minimum atomic E-state index is -0.794. The fraction of sp³-hybridized carbons (Fsp3) is 0.300. The second-order valence-corrected chi connectivity index (χ2v) is 6.28. The predicted molar refractivity (Wildman–Crippen MR) is 105 cm³/mol. The number of hydrogen-bond donors (Lipinski definition) is 2. The zero-order valence-electron chi connectivity index (χ0n) is 15.8. The molecular formula is C20H23N3O5. The van der Waals surface area contributed by atoms with E-state index in [0.29, 0.717) is 12.2 Å². The summed E-state index contributed by atoms with van der Waals surface area (Å²) in [6.07, 6.45) is 0.753. The highest BCUT2D eigenvalue weighted by Gasteiger charge is 2.19. The van der Waals surface area contributed by atoms with Gasteiger partial charge in [-0.2, -0.15) is 0 Å². The van der Waals surface area contributed by atoms with Crippen molar-refractivity contribution >= 4 is 23.3 Å². The van der Waals surface area contributed by atoms with Crippen LogP contribution in [-0.2, 0) is 16.1 Å². The minimum absolute atomic E-state index is 0.00769. The first kappa shape index (κ1) is 20.9. The maximum Gasteiger partial charge on any atom is 0.338 e. The molecule has 0 radical (unpaired) electrons. The zero-order valence-corrected chi connectivity index (χ0v) is 15.8. The van der Waals surface area contributed by atoms with Gasteiger partial charge in [-0.15, -0.1) is 0 Å². The molecule has 8 heteroatoms. The Morgan fingerprint density at radius 1 is 1.18 bits per heavy atom. The molecule has 0 aliphatic carbocycles. The molecule has 0 saturated carbocycles. The summed E-state index contributed by atoms with van der Waals surface area (Å²) in [5.41, 5.74) is 1.02. The molecule has 1 amide bonds. The number of nitro benzene ring substituents is 1. The Kier molecular flexibility index (Phi) is 7.50. The average molecular weight is 385 g/mol. The molecule has 2 aromatic carbocycles. The van der Waals surface area contributed by atoms with Gasteiger partial charge in [0, 0.05) is 18.7 Å². The summed E-state index contributed by atoms with van der Waals surface area (Å²) in [6.45, 7) is 3.72. The molecule has 2 aromatic rings. The molecule has 8 nitrogen and oxygen atoms in total. The molecule has 0 bridgehead atoms. The van der Waals surface area contributed by atoms with Crippen LogP contribution in [-0.4, -0.2) is 29.4 Å². The SMILES string of the molecule is CC[C@@H](C)NC(=O)COC(=O)c1ccc(NCc2ccccc2)c([N+](=O)[O-])c1. The van der Waals surface area contributed by atoms with E-state index in [1.807, 2.05) is 44.2 Å². The molecule has 148 valence electrons. The number of esters is 1. The lowest BCUT2D eigenvalue weighted by Gasteiger charge is -2.12. The van der Waals surface area contributed by atoms with E-state index in [0.717, 1.165) is 18.1 Å². The predicted octanol–water partition coefficient (Wildman–Crippen LogP) is 3.28. The molecule has 0 aromatic heterocycles. The normalized spacial score (nSPS) is 11.4. The Balaban J connectivity index is 2.03. The van der Waals surface area contributed by atoms with Gasteiger partial charge in [0.1, 0.15) is 5.69 Å². The number of nitrogens with zero attached hydrogens (tertiary/aromatic N) is 1. The Labute approximate surface area is 163 Å². The Hall–Kier alpha value is -3.42. The smallest absolute Gasteiger partial charge is 0.338 e. The van der Waals surface area contributed by atoms with Crippen LogP contribution in [0.2, 0.25) is 0 Å². The molecule has 0 spiro atoms. The highest BCUT2D eigenvalue weighted by Crippen LogP contribution is 2.26. The number of carbonyl (C=O) groups excluding carboxylic acids is 2. The van der Waals surface area contributed by atoms with Gasteiger partial charge in [0.2, 0.25) is 0 Å². The summed E-state index contributed by atoms with van der Waals surface area (Å²) in [6, 6.07) is 13.4. The second kappa shape index (κ2) is 10.1. The topological polar surface area (TPSA) is 111 Å². The van der Waals surface area contributed by atoms with Gasteiger partial charge in [-0.1, -0.05) is 37.3 Å². The first-order valence-corrected chi connectivity index (χ1v) is 8.93. The van der Waals surface area contributed by atoms with Crippen LogP contribution in [0.3, 0.4) is 0 Å². The minimum Gasteiger partial charge on any atom is -0.452 e. The summed E-state index contributed by atoms with van der Waals surface area (Å²) in [7, 11) is 0. The van der Waals surface area contributed by atoms with E-state index in [-0.39, 0.29) is 17.3 Å². The van der Waals surface area contributed by atoms with Crippen molar-refractivity contribution in [3.63, 3.8) is 0 Å². The Morgan fingerprint density at radius 3 is 2.54 bits per heavy atom. The second-order valence-electron chi connectivity index (χ2n) is 6.28. The summed E-state index contributed by atoms with van der Waals surface area (Å²) in [5, 5.41) is 17.0. The maximum absolute atomic E-state index is 12.1. The van der Waals surface area contributed by atoms with Crippen molar-refractivity contribution in [3.8, 4) is 0 Å². The van der Waals surface area contributed by atoms with E-state index in [1.54, 1.807) is 0 Å². The van der Waals surface area contributed by atoms with Gasteiger partial charge in [-0.3, -0.25) is 14.9 Å². The monoisotopic (exact) mass is 385 g/mol. The molecule has 0 fully saturated rings. The summed E-state index contributed by atoms with van der Waals surface area (Å²) < 4.78 is 4.95. The fourth-order valence-electron chi connectivity index (χ4n) is 2.39. The van der Waals surface area contributed by atoms with Crippen LogP contribution >= 0.6 is 0 Å². The summed E-state index contributed by atoms with van der Waals surface area (Å²) in [4.78, 5) is 34.6. The van der Waals surface area contributed by atoms with Gasteiger partial charge in [0.15, 0.2) is 6.61 Å². The summed E-state index contributed by atoms with van der Waals surface area (Å²) >= 11 is 0. The lowest BCUT2D eigenvalue weighted by molar-refractivity contribution is -0.384. The Bertz CT molecular complexity index is 839. The van der Waals surface area contributed by atoms with Gasteiger partial charge < -0.3 is 15.4 Å². The zero-order chi connectivity index (χ0) is 20.5. The van der Waals surface area contributed by atoms with Crippen molar-refractivity contribution in [1.82, 2.24) is 5.32 Å². The van der Waals surface area contributed by atoms with E-state index in [9.17, 15) is 19.7 Å². The number of amides is 1. The average Bonchev–Trinajstić information content (AvgIpc) is 2.70. The number of anilines is 1. The third-order valence-corrected chi connectivity index (χ3v) is 4.11. The molecule has 0 unspecified atom stereocenters. The third-order valence-electron chi connectivity index (χ3n) is 4.11. The van der Waals surface area contributed by atoms with Crippen molar-refractivity contribution in [3.05, 3.63) is 69.8 Å². The van der Waals surface area contributed by atoms with Gasteiger partial charge in [0.05, 0.1) is 10.5 Å². The van der Waals surface area contributed by atoms with Crippen LogP contribution in [0.5, 0.6) is 0 Å². The fourth-order valence-corrected chi connectivity index (χ4v) is 2.39. The van der Waals surface area contributed by atoms with Crippen LogP contribution in [0.1, 0.15) is 36.2 Å². The van der Waals surface area contributed by atoms with Gasteiger partial charge >= 0.3 is 5.97 Å². The number of benzene rings is 2. The maximum atomic E-state index is 12.1. The molecule has 28 heavy (non-hydrogen) atoms. The van der Waals surface area contributed by atoms with Gasteiger partial charge in [-0.05, 0) is 31.0 Å². The van der Waals surface area contributed by atoms with E-state index in [2.05, 4.69) is 10.6 Å². The number of carbonyl (C=O) groups is 2. The third kappa shape index (κ3) is 6.08. The van der Waals surface area contributed by atoms with Crippen molar-refractivity contribution in [1.29, 1.82) is 0 Å². The molecule has 2 rings (SSSR count). The molecule has 0 aliphatic heterocycles. The van der Waals surface area contributed by atoms with E-state index >= 15 is 0 Å². The van der Waals surface area contributed by atoms with Gasteiger partial charge in [0.25, 0.3) is 11.6 Å². The highest BCUT2D eigenvalue weighted by atomic mass is 16.6. The lowest BCUT2D eigenvalue weighted by atomic mass is 10.1. The molecular weight excluding hydrogens is 362 g/mol. The van der Waals surface area contributed by atoms with Crippen LogP contribution in [0.15, 0.2) is 48.5 Å². The number of nitrogens with one attached hydrogen (secondary N) is 2. The van der Waals surface area contributed by atoms with Crippen molar-refractivity contribution in [2.24, 2.45) is 0 Å². The number of nitro groups is 1. The summed E-state index contributed by atoms with van der Waals surface area (Å²) in [5.74, 6) is -1.21. The number of rotatable bonds is 9. The Morgan fingerprint density at radius 2 is 1.89 bits per heavy atom. The van der Waals surface area contributed by atoms with Crippen molar-refractivity contribution in [2.75, 3.05) is 11.9 Å². The standard InChI is InChI=1S/C20H23N3O5/c1-3-14(2)22-19(24)13-28-20(25)16-9-10-17(18(11-16)23(26)27)21-12-15-7-5-4-6-8-15/h4-11,14,21H,3,12-13H2,1-2H3,(H,22,24)/t14-/m1/s1. The van der Waals surface area contributed by atoms with E-state index in [1.165, 1.54) is 12.1 Å². The van der Waals surface area contributed by atoms with Crippen molar-refractivity contribution < 1.29 is 19.2 Å². The molecule has 1 atom stereocenters. The van der Waals surface area contributed by atoms with Crippen LogP contribution in [0.25, 0.3) is 0 Å². The van der Waals surface area contributed by atoms with Crippen molar-refractivity contribution in [2.45, 2.75) is 32.9 Å². The number of ether oxygens (including phenoxy) is 1. The molecule has 0 aliphatic rings. The first-order chi connectivity index (χ1) is 13.4. The molecule has 0 heterocycles. The number of hydrogen-bond acceptors (Lipinski definition) is 6. The molecule has 2 N–H and O–H groups in total.